The lowest BCUT2D eigenvalue weighted by atomic mass is 10.0. The molecule has 1 aromatic carbocycles. The lowest BCUT2D eigenvalue weighted by Gasteiger charge is -2.04. The van der Waals surface area contributed by atoms with Gasteiger partial charge in [-0.15, -0.1) is 0 Å². The first kappa shape index (κ1) is 9.93. The Balaban J connectivity index is 2.48. The number of imidazole rings is 1. The maximum atomic E-state index is 5.52. The van der Waals surface area contributed by atoms with Crippen LogP contribution in [0, 0.1) is 13.8 Å². The molecule has 3 N–H and O–H groups in total. The molecule has 0 fully saturated rings. The first-order valence-electron chi connectivity index (χ1n) is 5.02. The van der Waals surface area contributed by atoms with Crippen molar-refractivity contribution in [1.82, 2.24) is 9.97 Å². The van der Waals surface area contributed by atoms with E-state index >= 15 is 0 Å². The van der Waals surface area contributed by atoms with Gasteiger partial charge in [0.2, 0.25) is 0 Å². The fourth-order valence-electron chi connectivity index (χ4n) is 1.63. The summed E-state index contributed by atoms with van der Waals surface area (Å²) in [4.78, 5) is 7.41. The third kappa shape index (κ3) is 1.92. The zero-order valence-electron chi connectivity index (χ0n) is 9.04. The van der Waals surface area contributed by atoms with Gasteiger partial charge in [-0.25, -0.2) is 4.98 Å². The number of rotatable bonds is 2. The van der Waals surface area contributed by atoms with Gasteiger partial charge in [0.25, 0.3) is 0 Å². The van der Waals surface area contributed by atoms with Crippen LogP contribution in [-0.4, -0.2) is 9.97 Å². The molecule has 0 bridgehead atoms. The van der Waals surface area contributed by atoms with Crippen molar-refractivity contribution in [2.75, 3.05) is 0 Å². The van der Waals surface area contributed by atoms with Gasteiger partial charge >= 0.3 is 0 Å². The monoisotopic (exact) mass is 201 g/mol. The van der Waals surface area contributed by atoms with E-state index in [4.69, 9.17) is 5.73 Å². The first-order chi connectivity index (χ1) is 7.20. The summed E-state index contributed by atoms with van der Waals surface area (Å²) in [5, 5.41) is 0. The minimum atomic E-state index is 0.449. The van der Waals surface area contributed by atoms with Crippen LogP contribution in [0.1, 0.15) is 17.0 Å². The Hall–Kier alpha value is -1.61. The molecule has 1 heterocycles. The van der Waals surface area contributed by atoms with Crippen molar-refractivity contribution in [3.05, 3.63) is 41.3 Å². The summed E-state index contributed by atoms with van der Waals surface area (Å²) in [5.74, 6) is 0.825. The second-order valence-electron chi connectivity index (χ2n) is 3.77. The number of H-pyrrole nitrogens is 1. The zero-order chi connectivity index (χ0) is 10.8. The largest absolute Gasteiger partial charge is 0.341 e. The van der Waals surface area contributed by atoms with Crippen molar-refractivity contribution in [3.63, 3.8) is 0 Å². The highest BCUT2D eigenvalue weighted by molar-refractivity contribution is 5.63. The quantitative estimate of drug-likeness (QED) is 0.782. The van der Waals surface area contributed by atoms with Gasteiger partial charge in [-0.05, 0) is 25.5 Å². The smallest absolute Gasteiger partial charge is 0.120 e. The number of hydrogen-bond donors (Lipinski definition) is 2. The molecule has 3 heteroatoms. The van der Waals surface area contributed by atoms with Crippen LogP contribution >= 0.6 is 0 Å². The summed E-state index contributed by atoms with van der Waals surface area (Å²) in [6.07, 6.45) is 1.84. The van der Waals surface area contributed by atoms with E-state index in [1.54, 1.807) is 0 Å². The van der Waals surface area contributed by atoms with E-state index in [-0.39, 0.29) is 0 Å². The van der Waals surface area contributed by atoms with Gasteiger partial charge in [-0.2, -0.15) is 0 Å². The molecule has 15 heavy (non-hydrogen) atoms. The number of aryl methyl sites for hydroxylation is 2. The van der Waals surface area contributed by atoms with Crippen LogP contribution in [0.5, 0.6) is 0 Å². The molecule has 2 aromatic rings. The summed E-state index contributed by atoms with van der Waals surface area (Å²) in [6, 6.07) is 6.38. The lowest BCUT2D eigenvalue weighted by Crippen LogP contribution is -1.97. The topological polar surface area (TPSA) is 54.7 Å². The number of aromatic nitrogens is 2. The van der Waals surface area contributed by atoms with E-state index in [1.807, 2.05) is 6.20 Å². The van der Waals surface area contributed by atoms with Gasteiger partial charge in [0.05, 0.1) is 18.4 Å². The maximum absolute atomic E-state index is 5.52. The van der Waals surface area contributed by atoms with Crippen LogP contribution in [0.4, 0.5) is 0 Å². The molecule has 0 saturated carbocycles. The van der Waals surface area contributed by atoms with E-state index in [0.29, 0.717) is 6.54 Å². The number of aromatic amines is 1. The Kier molecular flexibility index (Phi) is 2.56. The Bertz CT molecular complexity index is 471. The van der Waals surface area contributed by atoms with E-state index in [0.717, 1.165) is 11.5 Å². The van der Waals surface area contributed by atoms with E-state index in [2.05, 4.69) is 42.0 Å². The Morgan fingerprint density at radius 1 is 1.33 bits per heavy atom. The van der Waals surface area contributed by atoms with Gasteiger partial charge < -0.3 is 10.7 Å². The number of benzene rings is 1. The average Bonchev–Trinajstić information content (AvgIpc) is 2.70. The Morgan fingerprint density at radius 2 is 2.13 bits per heavy atom. The van der Waals surface area contributed by atoms with Crippen LogP contribution < -0.4 is 5.73 Å². The number of nitrogens with two attached hydrogens (primary N) is 1. The van der Waals surface area contributed by atoms with E-state index < -0.39 is 0 Å². The zero-order valence-corrected chi connectivity index (χ0v) is 9.04. The molecule has 1 aromatic heterocycles. The van der Waals surface area contributed by atoms with Gasteiger partial charge in [0.1, 0.15) is 5.82 Å². The standard InChI is InChI=1S/C12H15N3/c1-8-3-4-9(2)10(5-8)11-7-14-12(6-13)15-11/h3-5,7H,6,13H2,1-2H3,(H,14,15). The first-order valence-corrected chi connectivity index (χ1v) is 5.02. The highest BCUT2D eigenvalue weighted by atomic mass is 14.9. The highest BCUT2D eigenvalue weighted by Crippen LogP contribution is 2.22. The summed E-state index contributed by atoms with van der Waals surface area (Å²) in [6.45, 7) is 4.63. The molecule has 0 aliphatic carbocycles. The molecule has 0 aliphatic heterocycles. The summed E-state index contributed by atoms with van der Waals surface area (Å²) >= 11 is 0. The van der Waals surface area contributed by atoms with E-state index in [1.165, 1.54) is 16.7 Å². The van der Waals surface area contributed by atoms with Crippen molar-refractivity contribution in [2.24, 2.45) is 5.73 Å². The van der Waals surface area contributed by atoms with Gasteiger partial charge in [0.15, 0.2) is 0 Å². The van der Waals surface area contributed by atoms with Crippen LogP contribution in [0.2, 0.25) is 0 Å². The van der Waals surface area contributed by atoms with Crippen LogP contribution in [0.25, 0.3) is 11.3 Å². The molecule has 0 radical (unpaired) electrons. The molecular formula is C12H15N3. The van der Waals surface area contributed by atoms with Gasteiger partial charge in [-0.3, -0.25) is 0 Å². The van der Waals surface area contributed by atoms with Crippen molar-refractivity contribution in [1.29, 1.82) is 0 Å². The third-order valence-corrected chi connectivity index (χ3v) is 2.51. The van der Waals surface area contributed by atoms with Gasteiger partial charge in [0, 0.05) is 5.56 Å². The van der Waals surface area contributed by atoms with Crippen molar-refractivity contribution in [2.45, 2.75) is 20.4 Å². The lowest BCUT2D eigenvalue weighted by molar-refractivity contribution is 0.950. The van der Waals surface area contributed by atoms with Crippen LogP contribution in [0.15, 0.2) is 24.4 Å². The number of nitrogens with zero attached hydrogens (tertiary/aromatic N) is 1. The minimum absolute atomic E-state index is 0.449. The second kappa shape index (κ2) is 3.87. The summed E-state index contributed by atoms with van der Waals surface area (Å²) in [7, 11) is 0. The molecule has 0 aliphatic rings. The van der Waals surface area contributed by atoms with Crippen molar-refractivity contribution < 1.29 is 0 Å². The average molecular weight is 201 g/mol. The molecule has 2 rings (SSSR count). The molecule has 0 amide bonds. The fraction of sp³-hybridized carbons (Fsp3) is 0.250. The van der Waals surface area contributed by atoms with Gasteiger partial charge in [-0.1, -0.05) is 17.7 Å². The predicted molar refractivity (Wildman–Crippen MR) is 61.4 cm³/mol. The molecule has 0 spiro atoms. The molecule has 0 unspecified atom stereocenters. The van der Waals surface area contributed by atoms with Crippen LogP contribution in [0.3, 0.4) is 0 Å². The van der Waals surface area contributed by atoms with Crippen LogP contribution in [-0.2, 0) is 6.54 Å². The highest BCUT2D eigenvalue weighted by Gasteiger charge is 2.05. The molecular weight excluding hydrogens is 186 g/mol. The molecule has 0 atom stereocenters. The maximum Gasteiger partial charge on any atom is 0.120 e. The molecule has 78 valence electrons. The minimum Gasteiger partial charge on any atom is -0.341 e. The Morgan fingerprint density at radius 3 is 2.80 bits per heavy atom. The summed E-state index contributed by atoms with van der Waals surface area (Å²) < 4.78 is 0. The normalized spacial score (nSPS) is 10.6. The number of hydrogen-bond acceptors (Lipinski definition) is 2. The van der Waals surface area contributed by atoms with E-state index in [9.17, 15) is 0 Å². The fourth-order valence-corrected chi connectivity index (χ4v) is 1.63. The van der Waals surface area contributed by atoms with Crippen molar-refractivity contribution in [3.8, 4) is 11.3 Å². The van der Waals surface area contributed by atoms with Crippen molar-refractivity contribution >= 4 is 0 Å². The predicted octanol–water partition coefficient (Wildman–Crippen LogP) is 2.15. The SMILES string of the molecule is Cc1ccc(C)c(-c2cnc(CN)[nH]2)c1. The third-order valence-electron chi connectivity index (χ3n) is 2.51. The molecule has 0 saturated heterocycles. The summed E-state index contributed by atoms with van der Waals surface area (Å²) in [5.41, 5.74) is 10.2. The molecule has 3 nitrogen and oxygen atoms in total. The second-order valence-corrected chi connectivity index (χ2v) is 3.77. The number of nitrogens with one attached hydrogen (secondary N) is 1. The Labute approximate surface area is 89.4 Å².